The molecule has 0 unspecified atom stereocenters. The first-order chi connectivity index (χ1) is 21.8. The number of alkyl halides is 3. The van der Waals surface area contributed by atoms with E-state index in [9.17, 15) is 32.9 Å². The molecule has 1 aliphatic rings. The number of fused-ring (bicyclic) bond motifs is 1. The highest BCUT2D eigenvalue weighted by Gasteiger charge is 2.45. The summed E-state index contributed by atoms with van der Waals surface area (Å²) >= 11 is 13.7. The largest absolute Gasteiger partial charge is 0.487 e. The first-order valence-corrected chi connectivity index (χ1v) is 16.0. The number of carbonyl (C=O) groups is 1. The first kappa shape index (κ1) is 33.6. The molecular formula is C30H19Br2ClF3N3O6S. The summed E-state index contributed by atoms with van der Waals surface area (Å²) in [6.07, 6.45) is -3.54. The van der Waals surface area contributed by atoms with E-state index in [-0.39, 0.29) is 33.8 Å². The number of hydrogen-bond donors (Lipinski definition) is 0. The van der Waals surface area contributed by atoms with E-state index in [1.165, 1.54) is 49.4 Å². The van der Waals surface area contributed by atoms with E-state index >= 15 is 0 Å². The monoisotopic (exact) mass is 799 g/mol. The summed E-state index contributed by atoms with van der Waals surface area (Å²) in [6.45, 7) is 1.37. The van der Waals surface area contributed by atoms with Crippen molar-refractivity contribution >= 4 is 72.5 Å². The average molecular weight is 802 g/mol. The third-order valence-electron chi connectivity index (χ3n) is 6.63. The number of thiazole rings is 1. The van der Waals surface area contributed by atoms with Crippen molar-refractivity contribution in [1.82, 2.24) is 4.57 Å². The number of nitro groups is 1. The van der Waals surface area contributed by atoms with Gasteiger partial charge in [-0.1, -0.05) is 35.1 Å². The van der Waals surface area contributed by atoms with Crippen LogP contribution in [0.25, 0.3) is 6.08 Å². The van der Waals surface area contributed by atoms with Crippen LogP contribution >= 0.6 is 54.8 Å². The molecule has 0 N–H and O–H groups in total. The molecule has 0 spiro atoms. The van der Waals surface area contributed by atoms with Gasteiger partial charge in [-0.3, -0.25) is 19.5 Å². The summed E-state index contributed by atoms with van der Waals surface area (Å²) < 4.78 is 55.9. The van der Waals surface area contributed by atoms with Gasteiger partial charge < -0.3 is 9.47 Å². The minimum absolute atomic E-state index is 0.0491. The highest BCUT2D eigenvalue weighted by atomic mass is 79.9. The fraction of sp³-hybridized carbons (Fsp3) is 0.167. The lowest BCUT2D eigenvalue weighted by atomic mass is 9.95. The minimum Gasteiger partial charge on any atom is -0.487 e. The topological polar surface area (TPSA) is 113 Å². The Morgan fingerprint density at radius 3 is 2.33 bits per heavy atom. The van der Waals surface area contributed by atoms with Crippen molar-refractivity contribution in [3.05, 3.63) is 132 Å². The van der Waals surface area contributed by atoms with Crippen LogP contribution in [0, 0.1) is 10.1 Å². The van der Waals surface area contributed by atoms with E-state index in [2.05, 4.69) is 36.9 Å². The zero-order chi connectivity index (χ0) is 33.3. The van der Waals surface area contributed by atoms with Crippen LogP contribution in [-0.2, 0) is 16.1 Å². The number of hydrogen-bond acceptors (Lipinski definition) is 8. The highest BCUT2D eigenvalue weighted by molar-refractivity contribution is 9.11. The molecule has 0 amide bonds. The molecule has 5 rings (SSSR count). The number of non-ortho nitro benzene ring substituents is 1. The molecule has 0 fully saturated rings. The zero-order valence-corrected chi connectivity index (χ0v) is 28.1. The molecule has 0 saturated carbocycles. The number of esters is 1. The fourth-order valence-corrected chi connectivity index (χ4v) is 7.20. The molecule has 16 heteroatoms. The van der Waals surface area contributed by atoms with E-state index in [4.69, 9.17) is 21.1 Å². The summed E-state index contributed by atoms with van der Waals surface area (Å²) in [5.74, 6) is -0.835. The molecule has 1 aliphatic heterocycles. The summed E-state index contributed by atoms with van der Waals surface area (Å²) in [7, 11) is 0. The van der Waals surface area contributed by atoms with Crippen LogP contribution in [0.3, 0.4) is 0 Å². The molecule has 0 radical (unpaired) electrons. The van der Waals surface area contributed by atoms with Crippen molar-refractivity contribution < 1.29 is 32.4 Å². The SMILES string of the molecule is CCOC(=O)C1=C(C(F)(F)F)N=c2s/c(=C\c3cc(Br)c(OCc4ccc([N+](=O)[O-])cc4)c(Br)c3)c(=O)n2[C@H]1c1ccc(Cl)cc1. The third-order valence-corrected chi connectivity index (χ3v) is 9.04. The Morgan fingerprint density at radius 2 is 1.76 bits per heavy atom. The van der Waals surface area contributed by atoms with Crippen LogP contribution in [0.2, 0.25) is 5.02 Å². The lowest BCUT2D eigenvalue weighted by Crippen LogP contribution is -2.41. The van der Waals surface area contributed by atoms with Crippen molar-refractivity contribution in [3.8, 4) is 5.75 Å². The highest BCUT2D eigenvalue weighted by Crippen LogP contribution is 2.39. The molecule has 0 aliphatic carbocycles. The van der Waals surface area contributed by atoms with Gasteiger partial charge in [-0.2, -0.15) is 13.2 Å². The molecule has 0 bridgehead atoms. The number of nitro benzene ring substituents is 1. The van der Waals surface area contributed by atoms with Gasteiger partial charge in [-0.15, -0.1) is 0 Å². The van der Waals surface area contributed by atoms with Gasteiger partial charge >= 0.3 is 12.1 Å². The van der Waals surface area contributed by atoms with Crippen LogP contribution in [0.15, 0.2) is 90.7 Å². The Labute approximate surface area is 283 Å². The number of carbonyl (C=O) groups excluding carboxylic acids is 1. The van der Waals surface area contributed by atoms with Gasteiger partial charge in [0.2, 0.25) is 0 Å². The number of rotatable bonds is 8. The summed E-state index contributed by atoms with van der Waals surface area (Å²) in [6, 6.07) is 13.5. The minimum atomic E-state index is -5.03. The lowest BCUT2D eigenvalue weighted by Gasteiger charge is -2.26. The van der Waals surface area contributed by atoms with Gasteiger partial charge in [0.1, 0.15) is 12.4 Å². The second-order valence-corrected chi connectivity index (χ2v) is 12.8. The van der Waals surface area contributed by atoms with Crippen molar-refractivity contribution in [2.75, 3.05) is 6.61 Å². The second-order valence-electron chi connectivity index (χ2n) is 9.64. The van der Waals surface area contributed by atoms with Crippen molar-refractivity contribution in [2.24, 2.45) is 4.99 Å². The van der Waals surface area contributed by atoms with E-state index < -0.39 is 39.9 Å². The lowest BCUT2D eigenvalue weighted by molar-refractivity contribution is -0.384. The molecular weight excluding hydrogens is 783 g/mol. The molecule has 46 heavy (non-hydrogen) atoms. The van der Waals surface area contributed by atoms with E-state index in [1.54, 1.807) is 24.3 Å². The summed E-state index contributed by atoms with van der Waals surface area (Å²) in [5, 5.41) is 11.2. The number of halogens is 6. The predicted octanol–water partition coefficient (Wildman–Crippen LogP) is 7.01. The predicted molar refractivity (Wildman–Crippen MR) is 172 cm³/mol. The Morgan fingerprint density at radius 1 is 1.13 bits per heavy atom. The molecule has 2 heterocycles. The smallest absolute Gasteiger partial charge is 0.434 e. The summed E-state index contributed by atoms with van der Waals surface area (Å²) in [4.78, 5) is 40.7. The fourth-order valence-electron chi connectivity index (χ4n) is 4.62. The normalized spacial score (nSPS) is 14.9. The number of nitrogens with zero attached hydrogens (tertiary/aromatic N) is 3. The summed E-state index contributed by atoms with van der Waals surface area (Å²) in [5.41, 5.74) is -1.59. The van der Waals surface area contributed by atoms with Crippen LogP contribution < -0.4 is 19.6 Å². The zero-order valence-electron chi connectivity index (χ0n) is 23.3. The molecule has 0 saturated heterocycles. The van der Waals surface area contributed by atoms with Crippen molar-refractivity contribution in [2.45, 2.75) is 25.7 Å². The number of aromatic nitrogens is 1. The van der Waals surface area contributed by atoms with Gasteiger partial charge in [-0.05, 0) is 97.9 Å². The van der Waals surface area contributed by atoms with Crippen LogP contribution in [-0.4, -0.2) is 28.2 Å². The van der Waals surface area contributed by atoms with Gasteiger partial charge in [-0.25, -0.2) is 9.79 Å². The first-order valence-electron chi connectivity index (χ1n) is 13.2. The van der Waals surface area contributed by atoms with E-state index in [1.807, 2.05) is 0 Å². The average Bonchev–Trinajstić information content (AvgIpc) is 3.30. The Hall–Kier alpha value is -3.79. The number of allylic oxidation sites excluding steroid dienone is 1. The van der Waals surface area contributed by atoms with Gasteiger partial charge in [0.05, 0.1) is 36.6 Å². The van der Waals surface area contributed by atoms with Gasteiger partial charge in [0, 0.05) is 17.2 Å². The molecule has 238 valence electrons. The van der Waals surface area contributed by atoms with Crippen molar-refractivity contribution in [3.63, 3.8) is 0 Å². The standard InChI is InChI=1S/C30H19Br2ClF3N3O6S/c1-2-44-28(41)23-24(17-5-7-18(33)8-6-17)38-27(40)22(46-29(38)37-26(23)30(34,35)36)13-16-11-20(31)25(21(32)12-16)45-14-15-3-9-19(10-4-15)39(42)43/h3-13,24H,2,14H2,1H3/b22-13-/t24-/m0/s1. The maximum atomic E-state index is 14.3. The Kier molecular flexibility index (Phi) is 9.86. The number of benzene rings is 3. The quantitative estimate of drug-likeness (QED) is 0.108. The van der Waals surface area contributed by atoms with Crippen LogP contribution in [0.1, 0.15) is 29.7 Å². The van der Waals surface area contributed by atoms with Crippen LogP contribution in [0.4, 0.5) is 18.9 Å². The maximum absolute atomic E-state index is 14.3. The van der Waals surface area contributed by atoms with E-state index in [0.29, 0.717) is 30.8 Å². The molecule has 1 aromatic heterocycles. The number of ether oxygens (including phenoxy) is 2. The van der Waals surface area contributed by atoms with Gasteiger partial charge in [0.25, 0.3) is 11.2 Å². The Balaban J connectivity index is 1.57. The Bertz CT molecular complexity index is 2040. The molecule has 1 atom stereocenters. The molecule has 4 aromatic rings. The molecule has 3 aromatic carbocycles. The second kappa shape index (κ2) is 13.5. The third kappa shape index (κ3) is 6.97. The molecule has 9 nitrogen and oxygen atoms in total. The van der Waals surface area contributed by atoms with E-state index in [0.717, 1.165) is 15.9 Å². The van der Waals surface area contributed by atoms with Crippen LogP contribution in [0.5, 0.6) is 5.75 Å². The van der Waals surface area contributed by atoms with Gasteiger partial charge in [0.15, 0.2) is 10.5 Å². The maximum Gasteiger partial charge on any atom is 0.434 e. The van der Waals surface area contributed by atoms with Crippen molar-refractivity contribution in [1.29, 1.82) is 0 Å².